The van der Waals surface area contributed by atoms with Gasteiger partial charge in [-0.25, -0.2) is 4.98 Å². The molecule has 0 aliphatic heterocycles. The van der Waals surface area contributed by atoms with E-state index in [1.54, 1.807) is 12.3 Å². The fourth-order valence-electron chi connectivity index (χ4n) is 1.94. The van der Waals surface area contributed by atoms with Crippen LogP contribution in [-0.2, 0) is 33.5 Å². The molecule has 0 aromatic carbocycles. The molecule has 0 radical (unpaired) electrons. The second kappa shape index (κ2) is 8.13. The van der Waals surface area contributed by atoms with Gasteiger partial charge < -0.3 is 14.6 Å². The van der Waals surface area contributed by atoms with Crippen LogP contribution in [0.25, 0.3) is 0 Å². The van der Waals surface area contributed by atoms with E-state index in [1.165, 1.54) is 0 Å². The fourth-order valence-corrected chi connectivity index (χ4v) is 2.67. The third kappa shape index (κ3) is 5.41. The van der Waals surface area contributed by atoms with Gasteiger partial charge in [0.15, 0.2) is 5.13 Å². The van der Waals surface area contributed by atoms with Crippen molar-refractivity contribution in [1.82, 2.24) is 9.55 Å². The lowest BCUT2D eigenvalue weighted by atomic mass is 10.3. The molecule has 140 valence electrons. The van der Waals surface area contributed by atoms with Crippen LogP contribution in [0.2, 0.25) is 0 Å². The minimum absolute atomic E-state index is 0.0622. The highest BCUT2D eigenvalue weighted by Gasteiger charge is 2.31. The molecular formula is C15H14F3N3O4S. The second-order valence-electron chi connectivity index (χ2n) is 5.06. The second-order valence-corrected chi connectivity index (χ2v) is 5.91. The smallest absolute Gasteiger partial charge is 0.417 e. The van der Waals surface area contributed by atoms with E-state index in [9.17, 15) is 27.6 Å². The summed E-state index contributed by atoms with van der Waals surface area (Å²) in [5, 5.41) is 4.08. The van der Waals surface area contributed by atoms with Crippen molar-refractivity contribution in [2.24, 2.45) is 0 Å². The van der Waals surface area contributed by atoms with Crippen LogP contribution in [0, 0.1) is 0 Å². The van der Waals surface area contributed by atoms with Crippen molar-refractivity contribution in [3.63, 3.8) is 0 Å². The Morgan fingerprint density at radius 1 is 1.35 bits per heavy atom. The molecule has 0 atom stereocenters. The van der Waals surface area contributed by atoms with Crippen LogP contribution in [0.1, 0.15) is 18.2 Å². The monoisotopic (exact) mass is 389 g/mol. The van der Waals surface area contributed by atoms with Gasteiger partial charge in [-0.3, -0.25) is 14.4 Å². The lowest BCUT2D eigenvalue weighted by Gasteiger charge is -2.10. The summed E-state index contributed by atoms with van der Waals surface area (Å²) in [5.74, 6) is -1.19. The number of alkyl halides is 3. The lowest BCUT2D eigenvalue weighted by Crippen LogP contribution is -2.28. The van der Waals surface area contributed by atoms with Crippen LogP contribution in [-0.4, -0.2) is 28.0 Å². The van der Waals surface area contributed by atoms with E-state index in [0.29, 0.717) is 22.5 Å². The number of amides is 1. The minimum Gasteiger partial charge on any atom is -0.466 e. The Bertz CT molecular complexity index is 860. The molecule has 1 amide bonds. The van der Waals surface area contributed by atoms with E-state index in [2.05, 4.69) is 10.3 Å². The van der Waals surface area contributed by atoms with Gasteiger partial charge in [-0.2, -0.15) is 13.2 Å². The van der Waals surface area contributed by atoms with Crippen LogP contribution >= 0.6 is 11.3 Å². The summed E-state index contributed by atoms with van der Waals surface area (Å²) >= 11 is 1.04. The van der Waals surface area contributed by atoms with E-state index >= 15 is 0 Å². The summed E-state index contributed by atoms with van der Waals surface area (Å²) in [6.07, 6.45) is -4.10. The molecule has 2 aromatic heterocycles. The number of ether oxygens (including phenoxy) is 1. The molecule has 26 heavy (non-hydrogen) atoms. The first kappa shape index (κ1) is 19.6. The van der Waals surface area contributed by atoms with E-state index in [-0.39, 0.29) is 18.2 Å². The van der Waals surface area contributed by atoms with E-state index in [1.807, 2.05) is 0 Å². The minimum atomic E-state index is -4.62. The zero-order chi connectivity index (χ0) is 19.3. The standard InChI is InChI=1S/C15H14F3N3O4S/c1-2-25-13(24)5-10-8-26-14(19-10)20-11(22)7-21-6-9(15(16,17)18)3-4-12(21)23/h3-4,6,8H,2,5,7H2,1H3,(H,19,20,22). The predicted molar refractivity (Wildman–Crippen MR) is 86.8 cm³/mol. The quantitative estimate of drug-likeness (QED) is 0.764. The normalized spacial score (nSPS) is 11.2. The Kier molecular flexibility index (Phi) is 6.14. The number of carbonyl (C=O) groups is 2. The Morgan fingerprint density at radius 3 is 2.73 bits per heavy atom. The van der Waals surface area contributed by atoms with Crippen molar-refractivity contribution in [1.29, 1.82) is 0 Å². The molecule has 0 aliphatic rings. The zero-order valence-corrected chi connectivity index (χ0v) is 14.3. The zero-order valence-electron chi connectivity index (χ0n) is 13.5. The summed E-state index contributed by atoms with van der Waals surface area (Å²) in [7, 11) is 0. The Hall–Kier alpha value is -2.69. The number of aromatic nitrogens is 2. The summed E-state index contributed by atoms with van der Waals surface area (Å²) in [6.45, 7) is 1.30. The number of esters is 1. The number of hydrogen-bond acceptors (Lipinski definition) is 6. The van der Waals surface area contributed by atoms with E-state index in [0.717, 1.165) is 17.4 Å². The number of anilines is 1. The van der Waals surface area contributed by atoms with Crippen molar-refractivity contribution in [3.05, 3.63) is 45.3 Å². The van der Waals surface area contributed by atoms with E-state index in [4.69, 9.17) is 4.74 Å². The highest BCUT2D eigenvalue weighted by molar-refractivity contribution is 7.13. The maximum absolute atomic E-state index is 12.7. The van der Waals surface area contributed by atoms with Gasteiger partial charge in [0.25, 0.3) is 5.56 Å². The number of carbonyl (C=O) groups excluding carboxylic acids is 2. The Labute approximate surface area is 149 Å². The molecule has 0 bridgehead atoms. The molecule has 0 unspecified atom stereocenters. The third-order valence-electron chi connectivity index (χ3n) is 3.05. The summed E-state index contributed by atoms with van der Waals surface area (Å²) < 4.78 is 43.5. The first-order valence-corrected chi connectivity index (χ1v) is 8.24. The molecule has 7 nitrogen and oxygen atoms in total. The molecular weight excluding hydrogens is 375 g/mol. The average Bonchev–Trinajstić information content (AvgIpc) is 2.95. The number of hydrogen-bond donors (Lipinski definition) is 1. The summed E-state index contributed by atoms with van der Waals surface area (Å²) in [5.41, 5.74) is -1.38. The van der Waals surface area contributed by atoms with Gasteiger partial charge in [-0.05, 0) is 13.0 Å². The molecule has 0 spiro atoms. The van der Waals surface area contributed by atoms with E-state index < -0.39 is 35.7 Å². The number of halogens is 3. The number of nitrogens with one attached hydrogen (secondary N) is 1. The van der Waals surface area contributed by atoms with Gasteiger partial charge in [-0.1, -0.05) is 0 Å². The average molecular weight is 389 g/mol. The maximum atomic E-state index is 12.7. The molecule has 0 fully saturated rings. The van der Waals surface area contributed by atoms with Crippen molar-refractivity contribution in [2.45, 2.75) is 26.1 Å². The van der Waals surface area contributed by atoms with Gasteiger partial charge in [0, 0.05) is 17.6 Å². The van der Waals surface area contributed by atoms with Gasteiger partial charge in [0.2, 0.25) is 5.91 Å². The molecule has 1 N–H and O–H groups in total. The number of pyridine rings is 1. The van der Waals surface area contributed by atoms with Crippen LogP contribution < -0.4 is 10.9 Å². The SMILES string of the molecule is CCOC(=O)Cc1csc(NC(=O)Cn2cc(C(F)(F)F)ccc2=O)n1. The van der Waals surface area contributed by atoms with Crippen LogP contribution in [0.3, 0.4) is 0 Å². The summed E-state index contributed by atoms with van der Waals surface area (Å²) in [6, 6.07) is 1.40. The largest absolute Gasteiger partial charge is 0.466 e. The molecule has 0 saturated heterocycles. The van der Waals surface area contributed by atoms with Crippen LogP contribution in [0.4, 0.5) is 18.3 Å². The van der Waals surface area contributed by atoms with Crippen molar-refractivity contribution in [2.75, 3.05) is 11.9 Å². The third-order valence-corrected chi connectivity index (χ3v) is 3.86. The maximum Gasteiger partial charge on any atom is 0.417 e. The lowest BCUT2D eigenvalue weighted by molar-refractivity contribution is -0.142. The first-order chi connectivity index (χ1) is 12.2. The molecule has 2 aromatic rings. The van der Waals surface area contributed by atoms with Gasteiger partial charge in [0.1, 0.15) is 6.54 Å². The number of thiazole rings is 1. The summed E-state index contributed by atoms with van der Waals surface area (Å²) in [4.78, 5) is 38.9. The van der Waals surface area contributed by atoms with Gasteiger partial charge >= 0.3 is 12.1 Å². The molecule has 0 saturated carbocycles. The Morgan fingerprint density at radius 2 is 2.08 bits per heavy atom. The van der Waals surface area contributed by atoms with Crippen molar-refractivity contribution < 1.29 is 27.5 Å². The first-order valence-electron chi connectivity index (χ1n) is 7.36. The van der Waals surface area contributed by atoms with Crippen molar-refractivity contribution in [3.8, 4) is 0 Å². The molecule has 11 heteroatoms. The van der Waals surface area contributed by atoms with Gasteiger partial charge in [-0.15, -0.1) is 11.3 Å². The molecule has 2 rings (SSSR count). The topological polar surface area (TPSA) is 90.3 Å². The highest BCUT2D eigenvalue weighted by Crippen LogP contribution is 2.28. The molecule has 0 aliphatic carbocycles. The fraction of sp³-hybridized carbons (Fsp3) is 0.333. The van der Waals surface area contributed by atoms with Crippen LogP contribution in [0.15, 0.2) is 28.5 Å². The number of nitrogens with zero attached hydrogens (tertiary/aromatic N) is 2. The van der Waals surface area contributed by atoms with Crippen molar-refractivity contribution >= 4 is 28.3 Å². The Balaban J connectivity index is 2.02. The van der Waals surface area contributed by atoms with Crippen LogP contribution in [0.5, 0.6) is 0 Å². The predicted octanol–water partition coefficient (Wildman–Crippen LogP) is 2.07. The highest BCUT2D eigenvalue weighted by atomic mass is 32.1. The van der Waals surface area contributed by atoms with Gasteiger partial charge in [0.05, 0.1) is 24.3 Å². The molecule has 2 heterocycles. The number of rotatable bonds is 6.